The molecule has 4 rings (SSSR count). The largest absolute Gasteiger partial charge is 0.496 e. The number of carbonyl (C=O) groups excluding carboxylic acids is 1. The number of rotatable bonds is 10. The van der Waals surface area contributed by atoms with Gasteiger partial charge in [-0.1, -0.05) is 41.6 Å². The van der Waals surface area contributed by atoms with Gasteiger partial charge in [-0.2, -0.15) is 0 Å². The van der Waals surface area contributed by atoms with Gasteiger partial charge >= 0.3 is 0 Å². The fourth-order valence-electron chi connectivity index (χ4n) is 4.30. The van der Waals surface area contributed by atoms with Crippen molar-refractivity contribution in [3.63, 3.8) is 0 Å². The number of amides is 1. The number of methoxy groups -OCH3 is 1. The number of piperidine rings is 1. The maximum Gasteiger partial charge on any atom is 0.220 e. The van der Waals surface area contributed by atoms with Crippen LogP contribution in [0.5, 0.6) is 5.75 Å². The summed E-state index contributed by atoms with van der Waals surface area (Å²) < 4.78 is 10.9. The molecule has 0 bridgehead atoms. The number of thioether (sulfide) groups is 1. The number of benzene rings is 2. The highest BCUT2D eigenvalue weighted by Crippen LogP contribution is 2.28. The van der Waals surface area contributed by atoms with Gasteiger partial charge in [0.2, 0.25) is 5.91 Å². The zero-order valence-corrected chi connectivity index (χ0v) is 19.8. The fraction of sp³-hybridized carbons (Fsp3) is 0.385. The molecule has 2 heterocycles. The molecule has 3 aromatic rings. The maximum atomic E-state index is 12.7. The van der Waals surface area contributed by atoms with Crippen LogP contribution in [-0.2, 0) is 23.5 Å². The summed E-state index contributed by atoms with van der Waals surface area (Å²) in [5, 5.41) is 10.8. The van der Waals surface area contributed by atoms with Crippen molar-refractivity contribution in [2.24, 2.45) is 11.8 Å². The lowest BCUT2D eigenvalue weighted by atomic mass is 9.81. The van der Waals surface area contributed by atoms with E-state index in [0.29, 0.717) is 24.8 Å². The Morgan fingerprint density at radius 1 is 1.18 bits per heavy atom. The number of aromatic nitrogens is 1. The fourth-order valence-corrected chi connectivity index (χ4v) is 5.09. The third-order valence-electron chi connectivity index (χ3n) is 6.08. The maximum absolute atomic E-state index is 12.7. The molecule has 2 N–H and O–H groups in total. The number of para-hydroxylation sites is 1. The van der Waals surface area contributed by atoms with Crippen molar-refractivity contribution in [3.05, 3.63) is 77.7 Å². The molecule has 0 saturated carbocycles. The van der Waals surface area contributed by atoms with Crippen LogP contribution in [0.15, 0.2) is 70.1 Å². The van der Waals surface area contributed by atoms with Crippen LogP contribution in [0, 0.1) is 11.8 Å². The lowest BCUT2D eigenvalue weighted by Gasteiger charge is -2.31. The minimum Gasteiger partial charge on any atom is -0.496 e. The van der Waals surface area contributed by atoms with Crippen LogP contribution in [0.4, 0.5) is 0 Å². The summed E-state index contributed by atoms with van der Waals surface area (Å²) in [6, 6.07) is 20.1. The Morgan fingerprint density at radius 3 is 2.85 bits per heavy atom. The molecule has 1 aliphatic rings. The van der Waals surface area contributed by atoms with Crippen molar-refractivity contribution in [2.45, 2.75) is 36.5 Å². The standard InChI is InChI=1S/C26H31N3O3S/c1-31-25-10-6-5-7-20(25)17-28-26(30)14-19-11-12-27-16-21(19)13-22-15-23(32-29-22)18-33-24-8-3-2-4-9-24/h2-10,15,19,21,27H,11-14,16-18H2,1H3,(H,28,30). The van der Waals surface area contributed by atoms with E-state index >= 15 is 0 Å². The van der Waals surface area contributed by atoms with E-state index in [0.717, 1.165) is 54.5 Å². The predicted molar refractivity (Wildman–Crippen MR) is 130 cm³/mol. The summed E-state index contributed by atoms with van der Waals surface area (Å²) in [5.74, 6) is 3.20. The number of carbonyl (C=O) groups is 1. The Balaban J connectivity index is 1.28. The molecule has 1 aromatic heterocycles. The van der Waals surface area contributed by atoms with E-state index < -0.39 is 0 Å². The first-order valence-corrected chi connectivity index (χ1v) is 12.4. The van der Waals surface area contributed by atoms with Crippen LogP contribution in [0.2, 0.25) is 0 Å². The number of hydrogen-bond donors (Lipinski definition) is 2. The van der Waals surface area contributed by atoms with Gasteiger partial charge < -0.3 is 19.9 Å². The van der Waals surface area contributed by atoms with E-state index in [2.05, 4.69) is 34.0 Å². The summed E-state index contributed by atoms with van der Waals surface area (Å²) >= 11 is 1.74. The summed E-state index contributed by atoms with van der Waals surface area (Å²) in [4.78, 5) is 13.9. The molecule has 174 valence electrons. The Hall–Kier alpha value is -2.77. The first-order chi connectivity index (χ1) is 16.2. The molecule has 2 aromatic carbocycles. The van der Waals surface area contributed by atoms with E-state index in [1.165, 1.54) is 4.90 Å². The highest BCUT2D eigenvalue weighted by molar-refractivity contribution is 7.98. The summed E-state index contributed by atoms with van der Waals surface area (Å²) in [6.07, 6.45) is 2.33. The molecular weight excluding hydrogens is 434 g/mol. The lowest BCUT2D eigenvalue weighted by Crippen LogP contribution is -2.40. The molecule has 1 aliphatic heterocycles. The van der Waals surface area contributed by atoms with Gasteiger partial charge in [0.25, 0.3) is 0 Å². The van der Waals surface area contributed by atoms with Crippen molar-refractivity contribution >= 4 is 17.7 Å². The van der Waals surface area contributed by atoms with Crippen molar-refractivity contribution in [1.29, 1.82) is 0 Å². The second kappa shape index (κ2) is 11.9. The third-order valence-corrected chi connectivity index (χ3v) is 7.12. The second-order valence-electron chi connectivity index (χ2n) is 8.40. The van der Waals surface area contributed by atoms with Gasteiger partial charge in [0.1, 0.15) is 11.5 Å². The average molecular weight is 466 g/mol. The molecule has 33 heavy (non-hydrogen) atoms. The molecule has 2 atom stereocenters. The zero-order chi connectivity index (χ0) is 22.9. The molecular formula is C26H31N3O3S. The molecule has 0 radical (unpaired) electrons. The van der Waals surface area contributed by atoms with E-state index in [1.54, 1.807) is 18.9 Å². The quantitative estimate of drug-likeness (QED) is 0.431. The van der Waals surface area contributed by atoms with Gasteiger partial charge in [-0.15, -0.1) is 11.8 Å². The Labute approximate surface area is 199 Å². The summed E-state index contributed by atoms with van der Waals surface area (Å²) in [6.45, 7) is 2.31. The van der Waals surface area contributed by atoms with Gasteiger partial charge in [-0.25, -0.2) is 0 Å². The van der Waals surface area contributed by atoms with Crippen LogP contribution >= 0.6 is 11.8 Å². The molecule has 7 heteroatoms. The van der Waals surface area contributed by atoms with Crippen LogP contribution in [0.25, 0.3) is 0 Å². The van der Waals surface area contributed by atoms with E-state index in [4.69, 9.17) is 9.26 Å². The van der Waals surface area contributed by atoms with Gasteiger partial charge in [-0.3, -0.25) is 4.79 Å². The minimum atomic E-state index is 0.0814. The van der Waals surface area contributed by atoms with Gasteiger partial charge in [-0.05, 0) is 56.0 Å². The van der Waals surface area contributed by atoms with Crippen LogP contribution < -0.4 is 15.4 Å². The lowest BCUT2D eigenvalue weighted by molar-refractivity contribution is -0.122. The van der Waals surface area contributed by atoms with Gasteiger partial charge in [0.15, 0.2) is 0 Å². The van der Waals surface area contributed by atoms with Crippen LogP contribution in [0.1, 0.15) is 29.9 Å². The number of hydrogen-bond acceptors (Lipinski definition) is 6. The summed E-state index contributed by atoms with van der Waals surface area (Å²) in [7, 11) is 1.65. The zero-order valence-electron chi connectivity index (χ0n) is 19.0. The number of ether oxygens (including phenoxy) is 1. The average Bonchev–Trinajstić information content (AvgIpc) is 3.31. The Morgan fingerprint density at radius 2 is 2.00 bits per heavy atom. The Kier molecular flexibility index (Phi) is 8.44. The minimum absolute atomic E-state index is 0.0814. The predicted octanol–water partition coefficient (Wildman–Crippen LogP) is 4.45. The van der Waals surface area contributed by atoms with Crippen molar-refractivity contribution in [2.75, 3.05) is 20.2 Å². The molecule has 0 spiro atoms. The molecule has 1 fully saturated rings. The molecule has 0 aliphatic carbocycles. The normalized spacial score (nSPS) is 18.1. The van der Waals surface area contributed by atoms with Crippen molar-refractivity contribution < 1.29 is 14.1 Å². The molecule has 2 unspecified atom stereocenters. The second-order valence-corrected chi connectivity index (χ2v) is 9.44. The van der Waals surface area contributed by atoms with Crippen LogP contribution in [-0.4, -0.2) is 31.3 Å². The first kappa shape index (κ1) is 23.4. The molecule has 6 nitrogen and oxygen atoms in total. The van der Waals surface area contributed by atoms with E-state index in [1.807, 2.05) is 42.5 Å². The van der Waals surface area contributed by atoms with Crippen LogP contribution in [0.3, 0.4) is 0 Å². The summed E-state index contributed by atoms with van der Waals surface area (Å²) in [5.41, 5.74) is 1.95. The topological polar surface area (TPSA) is 76.4 Å². The highest BCUT2D eigenvalue weighted by atomic mass is 32.2. The van der Waals surface area contributed by atoms with Crippen molar-refractivity contribution in [1.82, 2.24) is 15.8 Å². The van der Waals surface area contributed by atoms with E-state index in [9.17, 15) is 4.79 Å². The number of nitrogens with one attached hydrogen (secondary N) is 2. The van der Waals surface area contributed by atoms with Gasteiger partial charge in [0, 0.05) is 29.5 Å². The molecule has 1 saturated heterocycles. The smallest absolute Gasteiger partial charge is 0.220 e. The number of nitrogens with zero attached hydrogens (tertiary/aromatic N) is 1. The first-order valence-electron chi connectivity index (χ1n) is 11.4. The highest BCUT2D eigenvalue weighted by Gasteiger charge is 2.28. The monoisotopic (exact) mass is 465 g/mol. The SMILES string of the molecule is COc1ccccc1CNC(=O)CC1CCNCC1Cc1cc(CSc2ccccc2)on1. The third kappa shape index (κ3) is 6.85. The van der Waals surface area contributed by atoms with Crippen molar-refractivity contribution in [3.8, 4) is 5.75 Å². The van der Waals surface area contributed by atoms with E-state index in [-0.39, 0.29) is 5.91 Å². The molecule has 1 amide bonds. The van der Waals surface area contributed by atoms with Gasteiger partial charge in [0.05, 0.1) is 18.6 Å². The Bertz CT molecular complexity index is 1020.